The Bertz CT molecular complexity index is 772. The van der Waals surface area contributed by atoms with E-state index in [4.69, 9.17) is 4.84 Å². The maximum atomic E-state index is 12.0. The number of phenolic OH excluding ortho intramolecular Hbond substituents is 1. The number of phenols is 1. The third-order valence-corrected chi connectivity index (χ3v) is 7.32. The lowest BCUT2D eigenvalue weighted by Crippen LogP contribution is -2.36. The summed E-state index contributed by atoms with van der Waals surface area (Å²) in [6.07, 6.45) is 26.3. The number of hydrogen-bond acceptors (Lipinski definition) is 4. The third kappa shape index (κ3) is 21.4. The highest BCUT2D eigenvalue weighted by Crippen LogP contribution is 2.25. The Hall–Kier alpha value is -2.44. The number of unbranched alkanes of at least 4 members (excludes halogenated alkanes) is 18. The summed E-state index contributed by atoms with van der Waals surface area (Å²) < 4.78 is 0. The molecular weight excluding hydrogens is 502 g/mol. The van der Waals surface area contributed by atoms with Crippen LogP contribution in [0.2, 0.25) is 0 Å². The Morgan fingerprint density at radius 2 is 1.12 bits per heavy atom. The molecule has 3 amide bonds. The van der Waals surface area contributed by atoms with Crippen molar-refractivity contribution in [2.24, 2.45) is 0 Å². The van der Waals surface area contributed by atoms with Crippen molar-refractivity contribution < 1.29 is 19.5 Å². The number of hydrogen-bond donors (Lipinski definition) is 4. The van der Waals surface area contributed by atoms with Crippen LogP contribution in [-0.4, -0.2) is 30.1 Å². The van der Waals surface area contributed by atoms with Crippen molar-refractivity contribution in [1.82, 2.24) is 16.1 Å². The molecule has 0 aliphatic rings. The van der Waals surface area contributed by atoms with Crippen LogP contribution >= 0.6 is 0 Å². The largest absolute Gasteiger partial charge is 0.508 e. The smallest absolute Gasteiger partial charge is 0.314 e. The minimum Gasteiger partial charge on any atom is -0.508 e. The second-order valence-electron chi connectivity index (χ2n) is 11.2. The van der Waals surface area contributed by atoms with Gasteiger partial charge in [-0.1, -0.05) is 116 Å². The van der Waals surface area contributed by atoms with Gasteiger partial charge in [-0.15, -0.1) is 0 Å². The van der Waals surface area contributed by atoms with Gasteiger partial charge in [0.1, 0.15) is 5.75 Å². The van der Waals surface area contributed by atoms with Crippen molar-refractivity contribution in [3.8, 4) is 11.5 Å². The minimum absolute atomic E-state index is 0.0690. The normalized spacial score (nSPS) is 10.8. The predicted octanol–water partition coefficient (Wildman–Crippen LogP) is 8.49. The van der Waals surface area contributed by atoms with Crippen LogP contribution in [0, 0.1) is 0 Å². The lowest BCUT2D eigenvalue weighted by atomic mass is 10.0. The average Bonchev–Trinajstić information content (AvgIpc) is 2.93. The summed E-state index contributed by atoms with van der Waals surface area (Å²) >= 11 is 0. The summed E-state index contributed by atoms with van der Waals surface area (Å²) in [6.45, 7) is 5.08. The topological polar surface area (TPSA) is 99.7 Å². The van der Waals surface area contributed by atoms with E-state index in [2.05, 4.69) is 23.0 Å². The number of urea groups is 1. The monoisotopic (exact) mass is 561 g/mol. The number of nitrogens with one attached hydrogen (secondary N) is 3. The molecular formula is C33H59N3O4. The van der Waals surface area contributed by atoms with Crippen molar-refractivity contribution in [3.63, 3.8) is 0 Å². The van der Waals surface area contributed by atoms with Crippen molar-refractivity contribution >= 4 is 11.9 Å². The molecule has 0 heterocycles. The first-order chi connectivity index (χ1) is 19.5. The van der Waals surface area contributed by atoms with E-state index in [1.807, 2.05) is 0 Å². The summed E-state index contributed by atoms with van der Waals surface area (Å²) in [7, 11) is 0. The van der Waals surface area contributed by atoms with Crippen molar-refractivity contribution in [2.75, 3.05) is 13.1 Å². The molecule has 4 N–H and O–H groups in total. The van der Waals surface area contributed by atoms with Crippen molar-refractivity contribution in [3.05, 3.63) is 23.8 Å². The van der Waals surface area contributed by atoms with Gasteiger partial charge < -0.3 is 20.6 Å². The maximum absolute atomic E-state index is 12.0. The molecule has 0 bridgehead atoms. The molecule has 1 aromatic carbocycles. The zero-order chi connectivity index (χ0) is 29.1. The first-order valence-electron chi connectivity index (χ1n) is 16.3. The molecule has 1 rings (SSSR count). The van der Waals surface area contributed by atoms with E-state index in [9.17, 15) is 14.7 Å². The number of rotatable bonds is 26. The average molecular weight is 562 g/mol. The van der Waals surface area contributed by atoms with E-state index in [1.165, 1.54) is 109 Å². The molecule has 0 aliphatic heterocycles. The van der Waals surface area contributed by atoms with Gasteiger partial charge in [-0.2, -0.15) is 5.48 Å². The van der Waals surface area contributed by atoms with Gasteiger partial charge in [0.05, 0.1) is 0 Å². The molecule has 7 heteroatoms. The molecule has 0 aromatic heterocycles. The molecule has 40 heavy (non-hydrogen) atoms. The van der Waals surface area contributed by atoms with E-state index in [-0.39, 0.29) is 17.7 Å². The van der Waals surface area contributed by atoms with Crippen LogP contribution in [0.5, 0.6) is 11.5 Å². The summed E-state index contributed by atoms with van der Waals surface area (Å²) in [5, 5.41) is 15.7. The van der Waals surface area contributed by atoms with E-state index in [0.717, 1.165) is 50.6 Å². The molecule has 0 saturated heterocycles. The number of benzene rings is 1. The van der Waals surface area contributed by atoms with Crippen LogP contribution in [0.25, 0.3) is 0 Å². The number of hydroxylamine groups is 1. The Morgan fingerprint density at radius 3 is 1.60 bits per heavy atom. The highest BCUT2D eigenvalue weighted by Gasteiger charge is 2.07. The first kappa shape index (κ1) is 35.6. The van der Waals surface area contributed by atoms with Gasteiger partial charge in [-0.05, 0) is 43.9 Å². The van der Waals surface area contributed by atoms with E-state index < -0.39 is 0 Å². The van der Waals surface area contributed by atoms with Gasteiger partial charge in [0.2, 0.25) is 5.91 Å². The molecule has 0 saturated carbocycles. The van der Waals surface area contributed by atoms with Gasteiger partial charge in [0.15, 0.2) is 5.75 Å². The summed E-state index contributed by atoms with van der Waals surface area (Å²) in [5.41, 5.74) is 3.19. The zero-order valence-electron chi connectivity index (χ0n) is 25.7. The van der Waals surface area contributed by atoms with Crippen LogP contribution in [0.4, 0.5) is 4.79 Å². The second kappa shape index (κ2) is 25.5. The highest BCUT2D eigenvalue weighted by atomic mass is 16.7. The maximum Gasteiger partial charge on any atom is 0.314 e. The van der Waals surface area contributed by atoms with Gasteiger partial charge in [-0.25, -0.2) is 4.79 Å². The number of carbonyl (C=O) groups is 2. The molecule has 0 unspecified atom stereocenters. The van der Waals surface area contributed by atoms with Crippen LogP contribution in [-0.2, 0) is 11.2 Å². The van der Waals surface area contributed by atoms with Gasteiger partial charge in [0.25, 0.3) is 0 Å². The van der Waals surface area contributed by atoms with Crippen LogP contribution in [0.1, 0.15) is 148 Å². The van der Waals surface area contributed by atoms with Gasteiger partial charge >= 0.3 is 6.03 Å². The number of amides is 3. The SMILES string of the molecule is CCCCCCCCCCCCCCCCCCNC(=O)NCCCCCCc1cc(O)ccc1ONC(C)=O. The lowest BCUT2D eigenvalue weighted by molar-refractivity contribution is -0.125. The van der Waals surface area contributed by atoms with Crippen molar-refractivity contribution in [1.29, 1.82) is 0 Å². The fourth-order valence-corrected chi connectivity index (χ4v) is 4.92. The van der Waals surface area contributed by atoms with Crippen LogP contribution in [0.15, 0.2) is 18.2 Å². The number of aryl methyl sites for hydroxylation is 1. The first-order valence-corrected chi connectivity index (χ1v) is 16.3. The molecule has 0 spiro atoms. The molecule has 0 aliphatic carbocycles. The molecule has 7 nitrogen and oxygen atoms in total. The lowest BCUT2D eigenvalue weighted by Gasteiger charge is -2.11. The van der Waals surface area contributed by atoms with E-state index >= 15 is 0 Å². The van der Waals surface area contributed by atoms with Crippen LogP contribution in [0.3, 0.4) is 0 Å². The standard InChI is InChI=1S/C33H59N3O4/c1-3-4-5-6-7-8-9-10-11-12-13-14-15-16-18-21-26-34-33(39)35-27-22-19-17-20-23-30-28-31(38)24-25-32(30)40-36-29(2)37/h24-25,28,38H,3-23,26-27H2,1-2H3,(H,36,37)(H2,34,35,39). The predicted molar refractivity (Wildman–Crippen MR) is 166 cm³/mol. The molecule has 1 aromatic rings. The molecule has 230 valence electrons. The van der Waals surface area contributed by atoms with Crippen molar-refractivity contribution in [2.45, 2.75) is 149 Å². The fourth-order valence-electron chi connectivity index (χ4n) is 4.92. The Kier molecular flexibility index (Phi) is 22.7. The molecule has 0 radical (unpaired) electrons. The number of carbonyl (C=O) groups excluding carboxylic acids is 2. The van der Waals surface area contributed by atoms with Gasteiger partial charge in [-0.3, -0.25) is 4.79 Å². The summed E-state index contributed by atoms with van der Waals surface area (Å²) in [6, 6.07) is 4.80. The third-order valence-electron chi connectivity index (χ3n) is 7.32. The molecule has 0 atom stereocenters. The Balaban J connectivity index is 1.87. The van der Waals surface area contributed by atoms with E-state index in [0.29, 0.717) is 12.3 Å². The van der Waals surface area contributed by atoms with E-state index in [1.54, 1.807) is 12.1 Å². The van der Waals surface area contributed by atoms with Crippen LogP contribution < -0.4 is 21.0 Å². The minimum atomic E-state index is -0.277. The fraction of sp³-hybridized carbons (Fsp3) is 0.758. The highest BCUT2D eigenvalue weighted by molar-refractivity contribution is 5.73. The summed E-state index contributed by atoms with van der Waals surface area (Å²) in [5.74, 6) is 0.455. The number of aromatic hydroxyl groups is 1. The molecule has 0 fully saturated rings. The Morgan fingerprint density at radius 1 is 0.675 bits per heavy atom. The zero-order valence-corrected chi connectivity index (χ0v) is 25.7. The second-order valence-corrected chi connectivity index (χ2v) is 11.2. The summed E-state index contributed by atoms with van der Waals surface area (Å²) in [4.78, 5) is 28.4. The quantitative estimate of drug-likeness (QED) is 0.0673. The van der Waals surface area contributed by atoms with Gasteiger partial charge in [0, 0.05) is 25.6 Å². The Labute approximate surface area is 244 Å².